The molecule has 2 aromatic carbocycles. The van der Waals surface area contributed by atoms with Crippen molar-refractivity contribution in [3.8, 4) is 11.5 Å². The monoisotopic (exact) mass is 453 g/mol. The van der Waals surface area contributed by atoms with Gasteiger partial charge in [-0.15, -0.1) is 0 Å². The maximum atomic E-state index is 13.7. The Bertz CT molecular complexity index is 1170. The highest BCUT2D eigenvalue weighted by molar-refractivity contribution is 6.08. The Morgan fingerprint density at radius 3 is 2.67 bits per heavy atom. The Morgan fingerprint density at radius 2 is 1.97 bits per heavy atom. The van der Waals surface area contributed by atoms with E-state index in [1.807, 2.05) is 28.8 Å². The number of para-hydroxylation sites is 2. The molecule has 0 radical (unpaired) electrons. The molecule has 1 N–H and O–H groups in total. The number of fused-ring (bicyclic) bond motifs is 3. The molecule has 4 rings (SSSR count). The molecule has 0 bridgehead atoms. The average Bonchev–Trinajstić information content (AvgIpc) is 3.19. The van der Waals surface area contributed by atoms with Crippen molar-refractivity contribution in [2.24, 2.45) is 5.92 Å². The molecule has 1 amide bonds. The van der Waals surface area contributed by atoms with Crippen LogP contribution in [0.1, 0.15) is 24.9 Å². The number of benzene rings is 2. The second kappa shape index (κ2) is 9.50. The summed E-state index contributed by atoms with van der Waals surface area (Å²) < 4.78 is 17.5. The first-order chi connectivity index (χ1) is 16.0. The van der Waals surface area contributed by atoms with Gasteiger partial charge < -0.3 is 23.9 Å². The van der Waals surface area contributed by atoms with Gasteiger partial charge in [0.05, 0.1) is 30.8 Å². The van der Waals surface area contributed by atoms with Crippen LogP contribution in [0.3, 0.4) is 0 Å². The predicted molar refractivity (Wildman–Crippen MR) is 121 cm³/mol. The lowest BCUT2D eigenvalue weighted by molar-refractivity contribution is -0.153. The number of hydrogen-bond acceptors (Lipinski definition) is 7. The van der Waals surface area contributed by atoms with E-state index < -0.39 is 23.8 Å². The van der Waals surface area contributed by atoms with Crippen LogP contribution >= 0.6 is 0 Å². The second-order valence-corrected chi connectivity index (χ2v) is 7.71. The van der Waals surface area contributed by atoms with E-state index in [-0.39, 0.29) is 12.4 Å². The van der Waals surface area contributed by atoms with Crippen LogP contribution in [0.25, 0.3) is 11.0 Å². The van der Waals surface area contributed by atoms with Gasteiger partial charge in [-0.1, -0.05) is 18.2 Å². The first-order valence-corrected chi connectivity index (χ1v) is 10.8. The minimum atomic E-state index is -1.15. The lowest BCUT2D eigenvalue weighted by atomic mass is 9.89. The summed E-state index contributed by atoms with van der Waals surface area (Å²) in [7, 11) is 3.06. The van der Waals surface area contributed by atoms with E-state index in [0.717, 1.165) is 5.52 Å². The number of methoxy groups -OCH3 is 2. The third kappa shape index (κ3) is 4.00. The summed E-state index contributed by atoms with van der Waals surface area (Å²) in [4.78, 5) is 33.1. The molecule has 9 heteroatoms. The Kier molecular flexibility index (Phi) is 6.50. The molecule has 33 heavy (non-hydrogen) atoms. The zero-order valence-corrected chi connectivity index (χ0v) is 18.9. The Balaban J connectivity index is 1.94. The second-order valence-electron chi connectivity index (χ2n) is 7.71. The van der Waals surface area contributed by atoms with Gasteiger partial charge in [-0.2, -0.15) is 0 Å². The standard InChI is InChI=1S/C24H27N3O6/c1-4-33-23(30)20-21(15-10-11-19(32-3)18(28)14-15)27-17-9-6-5-8-16(17)25-24(27)26(22(20)29)12-7-13-31-2/h5-6,8-11,14,20-21,28H,4,7,12-13H2,1-3H3/t20-,21+/m0/s1. The van der Waals surface area contributed by atoms with Crippen molar-refractivity contribution in [1.82, 2.24) is 9.55 Å². The first kappa shape index (κ1) is 22.6. The largest absolute Gasteiger partial charge is 0.504 e. The molecule has 2 heterocycles. The number of carbonyl (C=O) groups excluding carboxylic acids is 2. The number of rotatable bonds is 8. The minimum absolute atomic E-state index is 0.0847. The quantitative estimate of drug-likeness (QED) is 0.318. The van der Waals surface area contributed by atoms with E-state index in [0.29, 0.717) is 42.4 Å². The fourth-order valence-electron chi connectivity index (χ4n) is 4.32. The number of aromatic hydroxyl groups is 1. The molecule has 3 aromatic rings. The SMILES string of the molecule is CCOC(=O)[C@@H]1C(=O)N(CCCOC)c2nc3ccccc3n2[C@@H]1c1ccc(OC)c(O)c1. The molecular weight excluding hydrogens is 426 g/mol. The topological polar surface area (TPSA) is 103 Å². The van der Waals surface area contributed by atoms with Gasteiger partial charge in [-0.3, -0.25) is 14.5 Å². The van der Waals surface area contributed by atoms with Gasteiger partial charge in [0.25, 0.3) is 0 Å². The van der Waals surface area contributed by atoms with Crippen molar-refractivity contribution in [2.75, 3.05) is 38.9 Å². The number of ether oxygens (including phenoxy) is 3. The summed E-state index contributed by atoms with van der Waals surface area (Å²) in [6, 6.07) is 11.6. The molecule has 174 valence electrons. The van der Waals surface area contributed by atoms with Gasteiger partial charge >= 0.3 is 5.97 Å². The van der Waals surface area contributed by atoms with Gasteiger partial charge in [0.2, 0.25) is 11.9 Å². The number of anilines is 1. The zero-order valence-electron chi connectivity index (χ0n) is 18.9. The third-order valence-corrected chi connectivity index (χ3v) is 5.76. The van der Waals surface area contributed by atoms with Crippen LogP contribution in [0.2, 0.25) is 0 Å². The zero-order chi connectivity index (χ0) is 23.5. The molecule has 0 fully saturated rings. The molecule has 2 atom stereocenters. The van der Waals surface area contributed by atoms with Crippen LogP contribution in [0.15, 0.2) is 42.5 Å². The molecule has 1 aliphatic heterocycles. The van der Waals surface area contributed by atoms with Gasteiger partial charge in [0.15, 0.2) is 17.4 Å². The van der Waals surface area contributed by atoms with E-state index in [2.05, 4.69) is 0 Å². The summed E-state index contributed by atoms with van der Waals surface area (Å²) in [6.45, 7) is 2.65. The van der Waals surface area contributed by atoms with E-state index in [1.54, 1.807) is 26.2 Å². The number of phenolic OH excluding ortho intramolecular Hbond substituents is 1. The van der Waals surface area contributed by atoms with Crippen LogP contribution in [0, 0.1) is 5.92 Å². The van der Waals surface area contributed by atoms with Crippen molar-refractivity contribution in [2.45, 2.75) is 19.4 Å². The normalized spacial score (nSPS) is 17.8. The van der Waals surface area contributed by atoms with Crippen molar-refractivity contribution in [3.63, 3.8) is 0 Å². The van der Waals surface area contributed by atoms with Gasteiger partial charge in [-0.05, 0) is 43.2 Å². The molecule has 1 aliphatic rings. The van der Waals surface area contributed by atoms with Crippen molar-refractivity contribution < 1.29 is 28.9 Å². The molecule has 1 aromatic heterocycles. The Hall–Kier alpha value is -3.59. The molecule has 0 unspecified atom stereocenters. The smallest absolute Gasteiger partial charge is 0.321 e. The van der Waals surface area contributed by atoms with Crippen molar-refractivity contribution in [1.29, 1.82) is 0 Å². The Morgan fingerprint density at radius 1 is 1.18 bits per heavy atom. The highest BCUT2D eigenvalue weighted by Gasteiger charge is 2.47. The molecule has 0 saturated carbocycles. The average molecular weight is 453 g/mol. The first-order valence-electron chi connectivity index (χ1n) is 10.8. The van der Waals surface area contributed by atoms with E-state index in [4.69, 9.17) is 19.2 Å². The molecule has 0 aliphatic carbocycles. The van der Waals surface area contributed by atoms with Gasteiger partial charge in [-0.25, -0.2) is 4.98 Å². The maximum absolute atomic E-state index is 13.7. The van der Waals surface area contributed by atoms with Crippen molar-refractivity contribution in [3.05, 3.63) is 48.0 Å². The minimum Gasteiger partial charge on any atom is -0.504 e. The van der Waals surface area contributed by atoms with E-state index in [9.17, 15) is 14.7 Å². The molecule has 0 spiro atoms. The molecular formula is C24H27N3O6. The Labute approximate surface area is 191 Å². The van der Waals surface area contributed by atoms with Gasteiger partial charge in [0, 0.05) is 20.3 Å². The number of amides is 1. The van der Waals surface area contributed by atoms with Crippen molar-refractivity contribution >= 4 is 28.9 Å². The molecule has 0 saturated heterocycles. The summed E-state index contributed by atoms with van der Waals surface area (Å²) in [6.07, 6.45) is 0.578. The molecule has 9 nitrogen and oxygen atoms in total. The van der Waals surface area contributed by atoms with E-state index >= 15 is 0 Å². The predicted octanol–water partition coefficient (Wildman–Crippen LogP) is 2.90. The van der Waals surface area contributed by atoms with Crippen LogP contribution in [0.5, 0.6) is 11.5 Å². The van der Waals surface area contributed by atoms with E-state index in [1.165, 1.54) is 18.1 Å². The summed E-state index contributed by atoms with van der Waals surface area (Å²) >= 11 is 0. The number of carbonyl (C=O) groups is 2. The number of aromatic nitrogens is 2. The maximum Gasteiger partial charge on any atom is 0.321 e. The van der Waals surface area contributed by atoms with Gasteiger partial charge in [0.1, 0.15) is 0 Å². The van der Waals surface area contributed by atoms with Crippen LogP contribution in [0.4, 0.5) is 5.95 Å². The summed E-state index contributed by atoms with van der Waals surface area (Å²) in [5, 5.41) is 10.4. The number of nitrogens with zero attached hydrogens (tertiary/aromatic N) is 3. The van der Waals surface area contributed by atoms with Crippen LogP contribution < -0.4 is 9.64 Å². The highest BCUT2D eigenvalue weighted by atomic mass is 16.5. The van der Waals surface area contributed by atoms with Crippen LogP contribution in [-0.2, 0) is 19.1 Å². The number of imidazole rings is 1. The number of phenols is 1. The fraction of sp³-hybridized carbons (Fsp3) is 0.375. The highest BCUT2D eigenvalue weighted by Crippen LogP contribution is 2.43. The number of hydrogen-bond donors (Lipinski definition) is 1. The fourth-order valence-corrected chi connectivity index (χ4v) is 4.32. The number of esters is 1. The summed E-state index contributed by atoms with van der Waals surface area (Å²) in [5.41, 5.74) is 2.04. The van der Waals surface area contributed by atoms with Crippen LogP contribution in [-0.4, -0.2) is 60.5 Å². The lowest BCUT2D eigenvalue weighted by Gasteiger charge is -2.38. The summed E-state index contributed by atoms with van der Waals surface area (Å²) in [5.74, 6) is -1.51. The lowest BCUT2D eigenvalue weighted by Crippen LogP contribution is -2.50. The third-order valence-electron chi connectivity index (χ3n) is 5.76.